The van der Waals surface area contributed by atoms with Gasteiger partial charge in [0.15, 0.2) is 0 Å². The van der Waals surface area contributed by atoms with Crippen molar-refractivity contribution in [1.82, 2.24) is 9.62 Å². The fourth-order valence-corrected chi connectivity index (χ4v) is 6.22. The molecule has 6 nitrogen and oxygen atoms in total. The maximum atomic E-state index is 13.3. The summed E-state index contributed by atoms with van der Waals surface area (Å²) in [5.41, 5.74) is 0.430. The molecule has 1 amide bonds. The van der Waals surface area contributed by atoms with E-state index in [2.05, 4.69) is 4.72 Å². The summed E-state index contributed by atoms with van der Waals surface area (Å²) in [7, 11) is -2.25. The maximum Gasteiger partial charge on any atom is 0.254 e. The first-order chi connectivity index (χ1) is 13.5. The molecule has 1 aromatic rings. The standard InChI is InChI=1S/C21H30N2O4S/c1-27-19-12-9-16(14-20(19)28(25,26)22-17-10-11-17)21(24)23-13-5-8-18(23)15-6-3-2-4-7-15/h9,12,14-15,17-18,22H,2-8,10-11,13H2,1H3. The number of rotatable bonds is 6. The number of amides is 1. The second-order valence-corrected chi connectivity index (χ2v) is 10.0. The van der Waals surface area contributed by atoms with Crippen molar-refractivity contribution in [2.45, 2.75) is 74.8 Å². The number of ether oxygens (including phenoxy) is 1. The minimum atomic E-state index is -3.70. The Balaban J connectivity index is 1.59. The van der Waals surface area contributed by atoms with Crippen molar-refractivity contribution in [2.24, 2.45) is 5.92 Å². The van der Waals surface area contributed by atoms with Gasteiger partial charge in [0.1, 0.15) is 10.6 Å². The Kier molecular flexibility index (Phi) is 5.65. The summed E-state index contributed by atoms with van der Waals surface area (Å²) in [4.78, 5) is 15.3. The molecule has 2 aliphatic carbocycles. The minimum Gasteiger partial charge on any atom is -0.495 e. The van der Waals surface area contributed by atoms with E-state index in [0.29, 0.717) is 17.5 Å². The molecule has 1 heterocycles. The number of nitrogens with one attached hydrogen (secondary N) is 1. The van der Waals surface area contributed by atoms with Crippen LogP contribution in [0.5, 0.6) is 5.75 Å². The average molecular weight is 407 g/mol. The van der Waals surface area contributed by atoms with E-state index in [1.165, 1.54) is 45.3 Å². The molecule has 1 N–H and O–H groups in total. The lowest BCUT2D eigenvalue weighted by molar-refractivity contribution is 0.0661. The first-order valence-corrected chi connectivity index (χ1v) is 12.0. The summed E-state index contributed by atoms with van der Waals surface area (Å²) >= 11 is 0. The number of sulfonamides is 1. The molecule has 2 saturated carbocycles. The first-order valence-electron chi connectivity index (χ1n) is 10.5. The molecule has 1 aliphatic heterocycles. The van der Waals surface area contributed by atoms with Gasteiger partial charge >= 0.3 is 0 Å². The number of likely N-dealkylation sites (tertiary alicyclic amines) is 1. The van der Waals surface area contributed by atoms with E-state index in [4.69, 9.17) is 4.74 Å². The Labute approximate surface area is 167 Å². The largest absolute Gasteiger partial charge is 0.495 e. The second kappa shape index (κ2) is 8.03. The van der Waals surface area contributed by atoms with Gasteiger partial charge < -0.3 is 9.64 Å². The molecule has 7 heteroatoms. The van der Waals surface area contributed by atoms with Crippen LogP contribution in [-0.2, 0) is 10.0 Å². The number of benzene rings is 1. The highest BCUT2D eigenvalue weighted by molar-refractivity contribution is 7.89. The number of hydrogen-bond donors (Lipinski definition) is 1. The quantitative estimate of drug-likeness (QED) is 0.786. The molecule has 1 atom stereocenters. The molecule has 3 fully saturated rings. The normalized spacial score (nSPS) is 23.8. The van der Waals surface area contributed by atoms with E-state index in [1.54, 1.807) is 12.1 Å². The van der Waals surface area contributed by atoms with E-state index in [1.807, 2.05) is 4.90 Å². The fraction of sp³-hybridized carbons (Fsp3) is 0.667. The average Bonchev–Trinajstić information content (AvgIpc) is 3.38. The van der Waals surface area contributed by atoms with Crippen LogP contribution in [-0.4, -0.2) is 45.0 Å². The molecule has 1 aromatic carbocycles. The predicted octanol–water partition coefficient (Wildman–Crippen LogP) is 3.32. The van der Waals surface area contributed by atoms with Gasteiger partial charge in [-0.1, -0.05) is 19.3 Å². The monoisotopic (exact) mass is 406 g/mol. The highest BCUT2D eigenvalue weighted by Crippen LogP contribution is 2.36. The molecular weight excluding hydrogens is 376 g/mol. The second-order valence-electron chi connectivity index (χ2n) is 8.37. The van der Waals surface area contributed by atoms with Crippen LogP contribution in [0.1, 0.15) is 68.1 Å². The van der Waals surface area contributed by atoms with E-state index in [0.717, 1.165) is 32.2 Å². The van der Waals surface area contributed by atoms with Gasteiger partial charge in [0.2, 0.25) is 10.0 Å². The number of methoxy groups -OCH3 is 1. The number of carbonyl (C=O) groups excluding carboxylic acids is 1. The Bertz CT molecular complexity index is 829. The zero-order chi connectivity index (χ0) is 19.7. The van der Waals surface area contributed by atoms with Gasteiger partial charge in [-0.25, -0.2) is 13.1 Å². The van der Waals surface area contributed by atoms with Gasteiger partial charge in [-0.15, -0.1) is 0 Å². The highest BCUT2D eigenvalue weighted by Gasteiger charge is 2.36. The summed E-state index contributed by atoms with van der Waals surface area (Å²) in [5, 5.41) is 0. The fourth-order valence-electron chi connectivity index (χ4n) is 4.72. The van der Waals surface area contributed by atoms with Gasteiger partial charge in [-0.3, -0.25) is 4.79 Å². The first kappa shape index (κ1) is 19.7. The third-order valence-electron chi connectivity index (χ3n) is 6.35. The zero-order valence-corrected chi connectivity index (χ0v) is 17.3. The SMILES string of the molecule is COc1ccc(C(=O)N2CCCC2C2CCCCC2)cc1S(=O)(=O)NC1CC1. The third-order valence-corrected chi connectivity index (χ3v) is 7.90. The maximum absolute atomic E-state index is 13.3. The molecule has 3 aliphatic rings. The molecule has 28 heavy (non-hydrogen) atoms. The van der Waals surface area contributed by atoms with Crippen molar-refractivity contribution >= 4 is 15.9 Å². The smallest absolute Gasteiger partial charge is 0.254 e. The van der Waals surface area contributed by atoms with Crippen LogP contribution < -0.4 is 9.46 Å². The van der Waals surface area contributed by atoms with Crippen molar-refractivity contribution in [2.75, 3.05) is 13.7 Å². The van der Waals surface area contributed by atoms with Crippen molar-refractivity contribution in [1.29, 1.82) is 0 Å². The van der Waals surface area contributed by atoms with Crippen LogP contribution in [0.3, 0.4) is 0 Å². The molecule has 1 saturated heterocycles. The summed E-state index contributed by atoms with van der Waals surface area (Å²) in [6, 6.07) is 5.07. The minimum absolute atomic E-state index is 0.00308. The Morgan fingerprint density at radius 2 is 1.82 bits per heavy atom. The van der Waals surface area contributed by atoms with E-state index >= 15 is 0 Å². The lowest BCUT2D eigenvalue weighted by Gasteiger charge is -2.34. The lowest BCUT2D eigenvalue weighted by Crippen LogP contribution is -2.40. The molecular formula is C21H30N2O4S. The van der Waals surface area contributed by atoms with E-state index < -0.39 is 10.0 Å². The number of hydrogen-bond acceptors (Lipinski definition) is 4. The Morgan fingerprint density at radius 3 is 2.50 bits per heavy atom. The molecule has 0 aromatic heterocycles. The third kappa shape index (κ3) is 4.06. The van der Waals surface area contributed by atoms with Crippen LogP contribution in [0, 0.1) is 5.92 Å². The van der Waals surface area contributed by atoms with Crippen molar-refractivity contribution in [3.8, 4) is 5.75 Å². The van der Waals surface area contributed by atoms with Crippen LogP contribution >= 0.6 is 0 Å². The summed E-state index contributed by atoms with van der Waals surface area (Å²) in [5.74, 6) is 0.798. The van der Waals surface area contributed by atoms with Gasteiger partial charge in [0.25, 0.3) is 5.91 Å². The molecule has 154 valence electrons. The predicted molar refractivity (Wildman–Crippen MR) is 107 cm³/mol. The van der Waals surface area contributed by atoms with Crippen LogP contribution in [0.15, 0.2) is 23.1 Å². The van der Waals surface area contributed by atoms with Crippen molar-refractivity contribution in [3.63, 3.8) is 0 Å². The summed E-state index contributed by atoms with van der Waals surface area (Å²) in [6.45, 7) is 0.758. The van der Waals surface area contributed by atoms with Crippen LogP contribution in [0.25, 0.3) is 0 Å². The van der Waals surface area contributed by atoms with Gasteiger partial charge in [0.05, 0.1) is 7.11 Å². The van der Waals surface area contributed by atoms with Crippen LogP contribution in [0.2, 0.25) is 0 Å². The van der Waals surface area contributed by atoms with E-state index in [9.17, 15) is 13.2 Å². The molecule has 4 rings (SSSR count). The van der Waals surface area contributed by atoms with Gasteiger partial charge in [0, 0.05) is 24.2 Å². The van der Waals surface area contributed by atoms with Gasteiger partial charge in [-0.05, 0) is 62.6 Å². The molecule has 1 unspecified atom stereocenters. The van der Waals surface area contributed by atoms with Crippen molar-refractivity contribution < 1.29 is 17.9 Å². The lowest BCUT2D eigenvalue weighted by atomic mass is 9.83. The van der Waals surface area contributed by atoms with Crippen LogP contribution in [0.4, 0.5) is 0 Å². The molecule has 0 radical (unpaired) electrons. The van der Waals surface area contributed by atoms with Gasteiger partial charge in [-0.2, -0.15) is 0 Å². The zero-order valence-electron chi connectivity index (χ0n) is 16.5. The molecule has 0 bridgehead atoms. The topological polar surface area (TPSA) is 75.7 Å². The Hall–Kier alpha value is -1.60. The Morgan fingerprint density at radius 1 is 1.07 bits per heavy atom. The van der Waals surface area contributed by atoms with E-state index in [-0.39, 0.29) is 22.6 Å². The highest BCUT2D eigenvalue weighted by atomic mass is 32.2. The molecule has 0 spiro atoms. The number of carbonyl (C=O) groups is 1. The summed E-state index contributed by atoms with van der Waals surface area (Å²) < 4.78 is 33.5. The van der Waals surface area contributed by atoms with Crippen molar-refractivity contribution in [3.05, 3.63) is 23.8 Å². The summed E-state index contributed by atoms with van der Waals surface area (Å²) in [6.07, 6.45) is 9.99. The number of nitrogens with zero attached hydrogens (tertiary/aromatic N) is 1.